The van der Waals surface area contributed by atoms with Gasteiger partial charge >= 0.3 is 11.9 Å². The number of anilines is 2. The molecule has 0 bridgehead atoms. The van der Waals surface area contributed by atoms with Crippen molar-refractivity contribution in [3.8, 4) is 11.5 Å². The number of aromatic hydroxyl groups is 2. The summed E-state index contributed by atoms with van der Waals surface area (Å²) in [5, 5.41) is 48.7. The van der Waals surface area contributed by atoms with Crippen molar-refractivity contribution in [2.45, 2.75) is 40.5 Å². The smallest absolute Gasteiger partial charge is 0.340 e. The van der Waals surface area contributed by atoms with Gasteiger partial charge in [0.15, 0.2) is 11.5 Å². The second kappa shape index (κ2) is 19.6. The van der Waals surface area contributed by atoms with Gasteiger partial charge in [0.2, 0.25) is 0 Å². The van der Waals surface area contributed by atoms with Gasteiger partial charge in [0.1, 0.15) is 22.7 Å². The average molecular weight is 857 g/mol. The van der Waals surface area contributed by atoms with E-state index in [4.69, 9.17) is 9.47 Å². The Morgan fingerprint density at radius 3 is 1.25 bits per heavy atom. The van der Waals surface area contributed by atoms with Crippen LogP contribution >= 0.6 is 0 Å². The molecule has 64 heavy (non-hydrogen) atoms. The van der Waals surface area contributed by atoms with Crippen LogP contribution in [-0.4, -0.2) is 47.2 Å². The topological polar surface area (TPSA) is 201 Å². The minimum atomic E-state index is -0.618. The number of carbonyl (C=O) groups excluding carboxylic acids is 4. The fourth-order valence-electron chi connectivity index (χ4n) is 7.39. The van der Waals surface area contributed by atoms with Crippen molar-refractivity contribution in [3.05, 3.63) is 155 Å². The van der Waals surface area contributed by atoms with Gasteiger partial charge < -0.3 is 30.3 Å². The molecule has 7 rings (SSSR count). The SMILES string of the molecule is CCOC(=O)c1ccccc1N=Nc1c(O)c(C(=O)Nc2ccc(NC(=O)c3cc4ccccc4c(N=Nc4ccccc4C(=O)OCC)c3O)c(CC)c2CC)cc2ccccc12. The Morgan fingerprint density at radius 2 is 0.859 bits per heavy atom. The van der Waals surface area contributed by atoms with Crippen LogP contribution in [0.1, 0.15) is 80.3 Å². The zero-order valence-electron chi connectivity index (χ0n) is 35.5. The molecular weight excluding hydrogens is 813 g/mol. The van der Waals surface area contributed by atoms with E-state index >= 15 is 0 Å². The first-order chi connectivity index (χ1) is 31.1. The van der Waals surface area contributed by atoms with E-state index in [1.54, 1.807) is 135 Å². The third-order valence-corrected chi connectivity index (χ3v) is 10.4. The van der Waals surface area contributed by atoms with Crippen LogP contribution in [0.25, 0.3) is 21.5 Å². The van der Waals surface area contributed by atoms with Gasteiger partial charge in [-0.3, -0.25) is 9.59 Å². The molecule has 0 aliphatic heterocycles. The molecule has 0 saturated carbocycles. The Labute approximate surface area is 368 Å². The molecule has 0 aliphatic rings. The molecule has 322 valence electrons. The molecular formula is C50H44N6O8. The Hall–Kier alpha value is -8.26. The van der Waals surface area contributed by atoms with Crippen LogP contribution in [0.4, 0.5) is 34.1 Å². The summed E-state index contributed by atoms with van der Waals surface area (Å²) in [6.45, 7) is 7.59. The Balaban J connectivity index is 1.19. The van der Waals surface area contributed by atoms with E-state index in [1.165, 1.54) is 0 Å². The molecule has 0 atom stereocenters. The first-order valence-corrected chi connectivity index (χ1v) is 20.7. The Kier molecular flexibility index (Phi) is 13.4. The lowest BCUT2D eigenvalue weighted by Gasteiger charge is -2.19. The van der Waals surface area contributed by atoms with E-state index < -0.39 is 35.3 Å². The standard InChI is InChI=1S/C50H44N6O8/c1-5-31-32(6-2)40(52-48(60)38-28-30-18-10-12-20-34(30)44(46(38)58)56-54-42-24-16-14-22-36(42)50(62)64-8-4)26-25-39(31)51-47(59)37-27-29-17-9-11-19-33(29)43(45(37)57)55-53-41-23-15-13-21-35(41)49(61)63-7-3/h9-28,57-58H,5-8H2,1-4H3,(H,51,59)(H,52,60). The van der Waals surface area contributed by atoms with Crippen LogP contribution < -0.4 is 10.6 Å². The van der Waals surface area contributed by atoms with Gasteiger partial charge in [-0.05, 0) is 97.1 Å². The third kappa shape index (κ3) is 9.02. The molecule has 0 fully saturated rings. The first kappa shape index (κ1) is 43.8. The largest absolute Gasteiger partial charge is 0.505 e. The lowest BCUT2D eigenvalue weighted by atomic mass is 9.97. The van der Waals surface area contributed by atoms with Crippen molar-refractivity contribution in [3.63, 3.8) is 0 Å². The summed E-state index contributed by atoms with van der Waals surface area (Å²) in [6.07, 6.45) is 0.926. The van der Waals surface area contributed by atoms with Crippen LogP contribution in [0.2, 0.25) is 0 Å². The molecule has 0 heterocycles. The number of esters is 2. The molecule has 0 radical (unpaired) electrons. The minimum absolute atomic E-state index is 0.0352. The van der Waals surface area contributed by atoms with Crippen LogP contribution in [0, 0.1) is 0 Å². The van der Waals surface area contributed by atoms with E-state index in [1.807, 2.05) is 13.8 Å². The monoisotopic (exact) mass is 856 g/mol. The zero-order valence-corrected chi connectivity index (χ0v) is 35.5. The highest BCUT2D eigenvalue weighted by Crippen LogP contribution is 2.42. The van der Waals surface area contributed by atoms with E-state index in [2.05, 4.69) is 31.1 Å². The second-order valence-corrected chi connectivity index (χ2v) is 14.3. The normalized spacial score (nSPS) is 11.3. The van der Waals surface area contributed by atoms with E-state index in [-0.39, 0.29) is 58.2 Å². The lowest BCUT2D eigenvalue weighted by Crippen LogP contribution is -2.17. The fraction of sp³-hybridized carbons (Fsp3) is 0.160. The van der Waals surface area contributed by atoms with Crippen molar-refractivity contribution in [2.75, 3.05) is 23.8 Å². The molecule has 14 heteroatoms. The maximum Gasteiger partial charge on any atom is 0.340 e. The predicted molar refractivity (Wildman–Crippen MR) is 245 cm³/mol. The van der Waals surface area contributed by atoms with Crippen molar-refractivity contribution in [2.24, 2.45) is 20.5 Å². The Bertz CT molecular complexity index is 2820. The van der Waals surface area contributed by atoms with Crippen LogP contribution in [0.5, 0.6) is 11.5 Å². The molecule has 0 saturated heterocycles. The van der Waals surface area contributed by atoms with Crippen LogP contribution in [0.3, 0.4) is 0 Å². The van der Waals surface area contributed by atoms with Gasteiger partial charge in [0, 0.05) is 22.1 Å². The summed E-state index contributed by atoms with van der Waals surface area (Å²) in [5.41, 5.74) is 3.18. The average Bonchev–Trinajstić information content (AvgIpc) is 3.31. The number of phenolic OH excluding ortho intramolecular Hbond substituents is 2. The van der Waals surface area contributed by atoms with Gasteiger partial charge in [0.05, 0.1) is 35.5 Å². The molecule has 0 spiro atoms. The summed E-state index contributed by atoms with van der Waals surface area (Å²) in [7, 11) is 0. The number of ether oxygens (including phenoxy) is 2. The highest BCUT2D eigenvalue weighted by atomic mass is 16.5. The molecule has 2 amide bonds. The number of nitrogens with zero attached hydrogens (tertiary/aromatic N) is 4. The highest BCUT2D eigenvalue weighted by Gasteiger charge is 2.24. The Morgan fingerprint density at radius 1 is 0.484 bits per heavy atom. The van der Waals surface area contributed by atoms with Crippen molar-refractivity contribution >= 4 is 79.4 Å². The molecule has 0 unspecified atom stereocenters. The van der Waals surface area contributed by atoms with E-state index in [0.717, 1.165) is 11.1 Å². The second-order valence-electron chi connectivity index (χ2n) is 14.3. The number of rotatable bonds is 14. The number of fused-ring (bicyclic) bond motifs is 2. The molecule has 14 nitrogen and oxygen atoms in total. The number of hydrogen-bond acceptors (Lipinski definition) is 12. The molecule has 0 aromatic heterocycles. The summed E-state index contributed by atoms with van der Waals surface area (Å²) in [5.74, 6) is -3.20. The maximum atomic E-state index is 14.1. The van der Waals surface area contributed by atoms with Crippen molar-refractivity contribution in [1.82, 2.24) is 0 Å². The van der Waals surface area contributed by atoms with Gasteiger partial charge in [0.25, 0.3) is 11.8 Å². The predicted octanol–water partition coefficient (Wildman–Crippen LogP) is 12.2. The number of hydrogen-bond donors (Lipinski definition) is 4. The minimum Gasteiger partial charge on any atom is -0.505 e. The van der Waals surface area contributed by atoms with Crippen LogP contribution in [-0.2, 0) is 22.3 Å². The van der Waals surface area contributed by atoms with Crippen LogP contribution in [0.15, 0.2) is 142 Å². The lowest BCUT2D eigenvalue weighted by molar-refractivity contribution is 0.0517. The maximum absolute atomic E-state index is 14.1. The van der Waals surface area contributed by atoms with Crippen molar-refractivity contribution < 1.29 is 38.9 Å². The zero-order chi connectivity index (χ0) is 45.3. The molecule has 4 N–H and O–H groups in total. The summed E-state index contributed by atoms with van der Waals surface area (Å²) < 4.78 is 10.3. The molecule has 7 aromatic carbocycles. The number of phenols is 2. The number of azo groups is 2. The first-order valence-electron chi connectivity index (χ1n) is 20.7. The number of benzene rings is 7. The summed E-state index contributed by atoms with van der Waals surface area (Å²) in [4.78, 5) is 53.4. The summed E-state index contributed by atoms with van der Waals surface area (Å²) in [6, 6.07) is 33.7. The summed E-state index contributed by atoms with van der Waals surface area (Å²) >= 11 is 0. The quantitative estimate of drug-likeness (QED) is 0.0611. The van der Waals surface area contributed by atoms with Gasteiger partial charge in [-0.2, -0.15) is 0 Å². The third-order valence-electron chi connectivity index (χ3n) is 10.4. The fourth-order valence-corrected chi connectivity index (χ4v) is 7.39. The molecule has 7 aromatic rings. The highest BCUT2D eigenvalue weighted by molar-refractivity contribution is 6.14. The number of nitrogens with one attached hydrogen (secondary N) is 2. The molecule has 0 aliphatic carbocycles. The van der Waals surface area contributed by atoms with Gasteiger partial charge in [-0.25, -0.2) is 9.59 Å². The van der Waals surface area contributed by atoms with Gasteiger partial charge in [-0.1, -0.05) is 86.6 Å². The number of amides is 2. The van der Waals surface area contributed by atoms with E-state index in [9.17, 15) is 29.4 Å². The number of carbonyl (C=O) groups is 4. The van der Waals surface area contributed by atoms with Gasteiger partial charge in [-0.15, -0.1) is 20.5 Å². The van der Waals surface area contributed by atoms with Crippen molar-refractivity contribution in [1.29, 1.82) is 0 Å². The van der Waals surface area contributed by atoms with E-state index in [0.29, 0.717) is 45.8 Å².